The molecule has 0 radical (unpaired) electrons. The molecule has 0 saturated carbocycles. The Balaban J connectivity index is 1.49. The van der Waals surface area contributed by atoms with E-state index in [1.165, 1.54) is 18.9 Å². The van der Waals surface area contributed by atoms with Crippen LogP contribution >= 0.6 is 0 Å². The van der Waals surface area contributed by atoms with E-state index in [9.17, 15) is 4.79 Å². The van der Waals surface area contributed by atoms with Gasteiger partial charge in [-0.1, -0.05) is 19.1 Å². The van der Waals surface area contributed by atoms with Gasteiger partial charge in [-0.2, -0.15) is 0 Å². The topological polar surface area (TPSA) is 58.4 Å². The van der Waals surface area contributed by atoms with Gasteiger partial charge in [0.25, 0.3) is 0 Å². The number of carbonyl (C=O) groups is 1. The minimum Gasteiger partial charge on any atom is -0.437 e. The van der Waals surface area contributed by atoms with Crippen LogP contribution in [0.5, 0.6) is 0 Å². The molecule has 0 spiro atoms. The molecule has 1 aromatic heterocycles. The number of carbonyl (C=O) groups excluding carboxylic acids is 1. The van der Waals surface area contributed by atoms with E-state index in [2.05, 4.69) is 29.0 Å². The average Bonchev–Trinajstić information content (AvgIpc) is 3.00. The molecule has 1 fully saturated rings. The van der Waals surface area contributed by atoms with Gasteiger partial charge in [0.05, 0.1) is 0 Å². The van der Waals surface area contributed by atoms with E-state index in [-0.39, 0.29) is 5.91 Å². The molecule has 3 rings (SSSR count). The maximum atomic E-state index is 12.0. The molecule has 128 valence electrons. The third kappa shape index (κ3) is 4.23. The Morgan fingerprint density at radius 1 is 1.50 bits per heavy atom. The van der Waals surface area contributed by atoms with Crippen LogP contribution in [-0.2, 0) is 4.79 Å². The SMILES string of the molecule is CC1CCCN(C(C)CNC(=O)C=Cc2nc3ccccc3o2)C1. The van der Waals surface area contributed by atoms with Gasteiger partial charge in [0.15, 0.2) is 5.58 Å². The number of rotatable bonds is 5. The minimum absolute atomic E-state index is 0.117. The smallest absolute Gasteiger partial charge is 0.244 e. The highest BCUT2D eigenvalue weighted by atomic mass is 16.3. The van der Waals surface area contributed by atoms with Crippen LogP contribution in [0.3, 0.4) is 0 Å². The lowest BCUT2D eigenvalue weighted by molar-refractivity contribution is -0.116. The highest BCUT2D eigenvalue weighted by molar-refractivity contribution is 5.91. The number of amides is 1. The van der Waals surface area contributed by atoms with Gasteiger partial charge in [-0.15, -0.1) is 0 Å². The fraction of sp³-hybridized carbons (Fsp3) is 0.474. The molecule has 2 heterocycles. The fourth-order valence-corrected chi connectivity index (χ4v) is 3.17. The van der Waals surface area contributed by atoms with E-state index in [1.807, 2.05) is 24.3 Å². The van der Waals surface area contributed by atoms with Gasteiger partial charge in [-0.3, -0.25) is 9.69 Å². The summed E-state index contributed by atoms with van der Waals surface area (Å²) in [5.41, 5.74) is 1.52. The van der Waals surface area contributed by atoms with Gasteiger partial charge in [0.2, 0.25) is 11.8 Å². The monoisotopic (exact) mass is 327 g/mol. The summed E-state index contributed by atoms with van der Waals surface area (Å²) in [5.74, 6) is 1.08. The predicted molar refractivity (Wildman–Crippen MR) is 95.5 cm³/mol. The van der Waals surface area contributed by atoms with E-state index in [4.69, 9.17) is 4.42 Å². The molecule has 2 unspecified atom stereocenters. The molecule has 24 heavy (non-hydrogen) atoms. The maximum Gasteiger partial charge on any atom is 0.244 e. The zero-order chi connectivity index (χ0) is 16.9. The molecule has 1 aliphatic heterocycles. The van der Waals surface area contributed by atoms with Crippen molar-refractivity contribution >= 4 is 23.1 Å². The number of piperidine rings is 1. The summed E-state index contributed by atoms with van der Waals surface area (Å²) >= 11 is 0. The molecule has 1 saturated heterocycles. The quantitative estimate of drug-likeness (QED) is 0.858. The van der Waals surface area contributed by atoms with E-state index < -0.39 is 0 Å². The van der Waals surface area contributed by atoms with E-state index in [0.717, 1.165) is 30.1 Å². The normalized spacial score (nSPS) is 20.5. The summed E-state index contributed by atoms with van der Waals surface area (Å²) in [6, 6.07) is 7.91. The van der Waals surface area contributed by atoms with Crippen molar-refractivity contribution in [1.82, 2.24) is 15.2 Å². The number of benzene rings is 1. The van der Waals surface area contributed by atoms with Crippen molar-refractivity contribution in [2.24, 2.45) is 5.92 Å². The zero-order valence-corrected chi connectivity index (χ0v) is 14.4. The third-order valence-corrected chi connectivity index (χ3v) is 4.57. The second-order valence-electron chi connectivity index (χ2n) is 6.69. The summed E-state index contributed by atoms with van der Waals surface area (Å²) in [6.07, 6.45) is 5.65. The highest BCUT2D eigenvalue weighted by Crippen LogP contribution is 2.17. The Morgan fingerprint density at radius 3 is 3.12 bits per heavy atom. The Bertz CT molecular complexity index is 689. The number of oxazole rings is 1. The van der Waals surface area contributed by atoms with Gasteiger partial charge < -0.3 is 9.73 Å². The van der Waals surface area contributed by atoms with Crippen molar-refractivity contribution in [3.05, 3.63) is 36.2 Å². The van der Waals surface area contributed by atoms with Crippen molar-refractivity contribution in [3.63, 3.8) is 0 Å². The number of hydrogen-bond acceptors (Lipinski definition) is 4. The number of aromatic nitrogens is 1. The Kier molecular flexibility index (Phi) is 5.30. The maximum absolute atomic E-state index is 12.0. The molecule has 1 amide bonds. The first-order valence-corrected chi connectivity index (χ1v) is 8.67. The van der Waals surface area contributed by atoms with Crippen LogP contribution in [0.1, 0.15) is 32.6 Å². The van der Waals surface area contributed by atoms with Gasteiger partial charge in [0, 0.05) is 31.3 Å². The van der Waals surface area contributed by atoms with E-state index >= 15 is 0 Å². The number of para-hydroxylation sites is 2. The van der Waals surface area contributed by atoms with Gasteiger partial charge in [-0.05, 0) is 44.4 Å². The molecule has 2 aromatic rings. The standard InChI is InChI=1S/C19H25N3O2/c1-14-6-5-11-22(13-14)15(2)12-20-18(23)9-10-19-21-16-7-3-4-8-17(16)24-19/h3-4,7-10,14-15H,5-6,11-13H2,1-2H3,(H,20,23). The summed E-state index contributed by atoms with van der Waals surface area (Å²) < 4.78 is 5.56. The molecular formula is C19H25N3O2. The lowest BCUT2D eigenvalue weighted by atomic mass is 9.99. The second-order valence-corrected chi connectivity index (χ2v) is 6.69. The molecule has 1 aliphatic rings. The molecule has 0 aliphatic carbocycles. The van der Waals surface area contributed by atoms with Crippen LogP contribution in [0.25, 0.3) is 17.2 Å². The number of nitrogens with zero attached hydrogens (tertiary/aromatic N) is 2. The first-order chi connectivity index (χ1) is 11.6. The molecular weight excluding hydrogens is 302 g/mol. The van der Waals surface area contributed by atoms with Crippen LogP contribution in [-0.4, -0.2) is 41.5 Å². The zero-order valence-electron chi connectivity index (χ0n) is 14.4. The molecule has 1 N–H and O–H groups in total. The Hall–Kier alpha value is -2.14. The second kappa shape index (κ2) is 7.62. The number of likely N-dealkylation sites (tertiary alicyclic amines) is 1. The van der Waals surface area contributed by atoms with Crippen LogP contribution < -0.4 is 5.32 Å². The molecule has 2 atom stereocenters. The predicted octanol–water partition coefficient (Wildman–Crippen LogP) is 3.08. The van der Waals surface area contributed by atoms with Gasteiger partial charge >= 0.3 is 0 Å². The van der Waals surface area contributed by atoms with Crippen molar-refractivity contribution in [2.75, 3.05) is 19.6 Å². The van der Waals surface area contributed by atoms with Crippen molar-refractivity contribution in [2.45, 2.75) is 32.7 Å². The lowest BCUT2D eigenvalue weighted by Gasteiger charge is -2.35. The highest BCUT2D eigenvalue weighted by Gasteiger charge is 2.20. The van der Waals surface area contributed by atoms with Crippen LogP contribution in [0.15, 0.2) is 34.8 Å². The Labute approximate surface area is 142 Å². The van der Waals surface area contributed by atoms with Crippen molar-refractivity contribution in [3.8, 4) is 0 Å². The lowest BCUT2D eigenvalue weighted by Crippen LogP contribution is -2.46. The average molecular weight is 327 g/mol. The largest absolute Gasteiger partial charge is 0.437 e. The molecule has 5 heteroatoms. The van der Waals surface area contributed by atoms with Gasteiger partial charge in [0.1, 0.15) is 5.52 Å². The number of fused-ring (bicyclic) bond motifs is 1. The third-order valence-electron chi connectivity index (χ3n) is 4.57. The first-order valence-electron chi connectivity index (χ1n) is 8.67. The summed E-state index contributed by atoms with van der Waals surface area (Å²) in [6.45, 7) is 7.36. The van der Waals surface area contributed by atoms with Crippen molar-refractivity contribution in [1.29, 1.82) is 0 Å². The molecule has 0 bridgehead atoms. The van der Waals surface area contributed by atoms with Crippen LogP contribution in [0, 0.1) is 5.92 Å². The minimum atomic E-state index is -0.117. The van der Waals surface area contributed by atoms with Crippen LogP contribution in [0.2, 0.25) is 0 Å². The Morgan fingerprint density at radius 2 is 2.33 bits per heavy atom. The molecule has 5 nitrogen and oxygen atoms in total. The van der Waals surface area contributed by atoms with Crippen molar-refractivity contribution < 1.29 is 9.21 Å². The number of nitrogens with one attached hydrogen (secondary N) is 1. The van der Waals surface area contributed by atoms with E-state index in [0.29, 0.717) is 18.5 Å². The number of hydrogen-bond donors (Lipinski definition) is 1. The van der Waals surface area contributed by atoms with E-state index in [1.54, 1.807) is 6.08 Å². The van der Waals surface area contributed by atoms with Gasteiger partial charge in [-0.25, -0.2) is 4.98 Å². The summed E-state index contributed by atoms with van der Waals surface area (Å²) in [5, 5.41) is 2.96. The summed E-state index contributed by atoms with van der Waals surface area (Å²) in [4.78, 5) is 18.8. The van der Waals surface area contributed by atoms with Crippen LogP contribution in [0.4, 0.5) is 0 Å². The summed E-state index contributed by atoms with van der Waals surface area (Å²) in [7, 11) is 0. The fourth-order valence-electron chi connectivity index (χ4n) is 3.17. The molecule has 1 aromatic carbocycles. The first kappa shape index (κ1) is 16.7.